The minimum atomic E-state index is -0.531. The van der Waals surface area contributed by atoms with Crippen LogP contribution in [0.4, 0.5) is 10.1 Å². The highest BCUT2D eigenvalue weighted by molar-refractivity contribution is 7.03. The number of nitrogens with zero attached hydrogens (tertiary/aromatic N) is 6. The van der Waals surface area contributed by atoms with Crippen LogP contribution < -0.4 is 16.1 Å². The maximum Gasteiger partial charge on any atom is 0.333 e. The number of hydrogen-bond donors (Lipinski definition) is 1. The van der Waals surface area contributed by atoms with Crippen molar-refractivity contribution < 1.29 is 9.18 Å². The summed E-state index contributed by atoms with van der Waals surface area (Å²) in [6.45, 7) is 0.296. The minimum absolute atomic E-state index is 0.163. The van der Waals surface area contributed by atoms with Crippen LogP contribution >= 0.6 is 11.5 Å². The van der Waals surface area contributed by atoms with Gasteiger partial charge in [0.1, 0.15) is 17.2 Å². The summed E-state index contributed by atoms with van der Waals surface area (Å²) >= 11 is 1.12. The molecule has 0 spiro atoms. The van der Waals surface area contributed by atoms with E-state index in [2.05, 4.69) is 19.6 Å². The highest BCUT2D eigenvalue weighted by Gasteiger charge is 2.26. The molecule has 3 aromatic heterocycles. The van der Waals surface area contributed by atoms with Gasteiger partial charge in [0.25, 0.3) is 11.5 Å². The largest absolute Gasteiger partial charge is 0.336 e. The van der Waals surface area contributed by atoms with Crippen molar-refractivity contribution in [3.8, 4) is 0 Å². The Morgan fingerprint density at radius 3 is 2.59 bits per heavy atom. The van der Waals surface area contributed by atoms with Crippen molar-refractivity contribution in [3.63, 3.8) is 0 Å². The molecule has 0 atom stereocenters. The summed E-state index contributed by atoms with van der Waals surface area (Å²) in [7, 11) is 1.67. The van der Waals surface area contributed by atoms with Crippen LogP contribution in [0.15, 0.2) is 63.5 Å². The fourth-order valence-electron chi connectivity index (χ4n) is 4.54. The quantitative estimate of drug-likeness (QED) is 0.320. The van der Waals surface area contributed by atoms with Crippen molar-refractivity contribution in [2.75, 3.05) is 11.9 Å². The van der Waals surface area contributed by atoms with Gasteiger partial charge in [-0.3, -0.25) is 18.7 Å². The van der Waals surface area contributed by atoms with Crippen LogP contribution in [-0.4, -0.2) is 41.6 Å². The number of nitrogens with one attached hydrogen (secondary N) is 1. The molecule has 5 aromatic rings. The third-order valence-corrected chi connectivity index (χ3v) is 7.42. The van der Waals surface area contributed by atoms with E-state index in [1.165, 1.54) is 15.5 Å². The lowest BCUT2D eigenvalue weighted by Crippen LogP contribution is -2.40. The van der Waals surface area contributed by atoms with E-state index in [-0.39, 0.29) is 29.2 Å². The van der Waals surface area contributed by atoms with Crippen molar-refractivity contribution >= 4 is 34.3 Å². The molecule has 1 aliphatic rings. The van der Waals surface area contributed by atoms with E-state index in [0.717, 1.165) is 34.5 Å². The molecule has 3 heterocycles. The SMILES string of the molecule is CN(C(=O)c1csnn1)c1ccc(Cc2nc3c([nH]2)c(=O)n(Cc2ccccc2F)c(=O)n3CC2CC2)cc1. The molecule has 0 radical (unpaired) electrons. The molecule has 10 nitrogen and oxygen atoms in total. The van der Waals surface area contributed by atoms with Crippen LogP contribution in [0.1, 0.15) is 40.3 Å². The lowest BCUT2D eigenvalue weighted by atomic mass is 10.1. The van der Waals surface area contributed by atoms with Gasteiger partial charge in [-0.15, -0.1) is 5.10 Å². The van der Waals surface area contributed by atoms with Gasteiger partial charge >= 0.3 is 5.69 Å². The number of benzene rings is 2. The standard InChI is InChI=1S/C27H24FN7O3S/c1-33(25(36)21-15-39-32-31-21)19-10-8-16(9-11-19)12-22-29-23-24(30-22)34(13-17-6-7-17)27(38)35(26(23)37)14-18-4-2-3-5-20(18)28/h2-5,8-11,15,17H,6-7,12-14H2,1H3,(H,29,30). The Morgan fingerprint density at radius 2 is 1.90 bits per heavy atom. The predicted octanol–water partition coefficient (Wildman–Crippen LogP) is 3.20. The van der Waals surface area contributed by atoms with Crippen molar-refractivity contribution in [1.29, 1.82) is 0 Å². The number of rotatable bonds is 8. The van der Waals surface area contributed by atoms with Gasteiger partial charge in [0.2, 0.25) is 0 Å². The zero-order chi connectivity index (χ0) is 27.1. The number of aromatic nitrogens is 6. The van der Waals surface area contributed by atoms with Gasteiger partial charge in [-0.2, -0.15) is 0 Å². The summed E-state index contributed by atoms with van der Waals surface area (Å²) < 4.78 is 20.7. The number of aromatic amines is 1. The van der Waals surface area contributed by atoms with Crippen LogP contribution in [-0.2, 0) is 19.5 Å². The van der Waals surface area contributed by atoms with E-state index in [1.807, 2.05) is 24.3 Å². The molecule has 6 rings (SSSR count). The minimum Gasteiger partial charge on any atom is -0.336 e. The van der Waals surface area contributed by atoms with Crippen molar-refractivity contribution in [3.05, 3.63) is 103 Å². The molecule has 198 valence electrons. The smallest absolute Gasteiger partial charge is 0.333 e. The molecule has 12 heteroatoms. The highest BCUT2D eigenvalue weighted by atomic mass is 32.1. The van der Waals surface area contributed by atoms with Crippen LogP contribution in [0.3, 0.4) is 0 Å². The number of carbonyl (C=O) groups is 1. The molecule has 1 fully saturated rings. The number of carbonyl (C=O) groups excluding carboxylic acids is 1. The zero-order valence-electron chi connectivity index (χ0n) is 21.0. The summed E-state index contributed by atoms with van der Waals surface area (Å²) in [6, 6.07) is 13.5. The topological polar surface area (TPSA) is 119 Å². The van der Waals surface area contributed by atoms with Crippen molar-refractivity contribution in [2.24, 2.45) is 5.92 Å². The molecule has 1 amide bonds. The first-order valence-electron chi connectivity index (χ1n) is 12.5. The molecular weight excluding hydrogens is 521 g/mol. The van der Waals surface area contributed by atoms with Gasteiger partial charge in [-0.05, 0) is 54.1 Å². The number of fused-ring (bicyclic) bond motifs is 1. The van der Waals surface area contributed by atoms with Crippen LogP contribution in [0.2, 0.25) is 0 Å². The van der Waals surface area contributed by atoms with Crippen LogP contribution in [0, 0.1) is 11.7 Å². The fraction of sp³-hybridized carbons (Fsp3) is 0.259. The van der Waals surface area contributed by atoms with E-state index in [1.54, 1.807) is 30.6 Å². The first kappa shape index (κ1) is 24.9. The molecule has 0 saturated heterocycles. The van der Waals surface area contributed by atoms with Gasteiger partial charge in [0, 0.05) is 36.6 Å². The van der Waals surface area contributed by atoms with Gasteiger partial charge in [0.05, 0.1) is 6.54 Å². The maximum absolute atomic E-state index is 14.3. The number of hydrogen-bond acceptors (Lipinski definition) is 7. The van der Waals surface area contributed by atoms with Crippen LogP contribution in [0.25, 0.3) is 11.2 Å². The average molecular weight is 546 g/mol. The molecular formula is C27H24FN7O3S. The average Bonchev–Trinajstić information content (AvgIpc) is 3.41. The third-order valence-electron chi connectivity index (χ3n) is 6.91. The Hall–Kier alpha value is -4.45. The summed E-state index contributed by atoms with van der Waals surface area (Å²) in [6.07, 6.45) is 2.41. The highest BCUT2D eigenvalue weighted by Crippen LogP contribution is 2.30. The number of imidazole rings is 1. The molecule has 0 aliphatic heterocycles. The van der Waals surface area contributed by atoms with E-state index in [9.17, 15) is 18.8 Å². The number of H-pyrrole nitrogens is 1. The van der Waals surface area contributed by atoms with E-state index in [4.69, 9.17) is 0 Å². The molecule has 0 bridgehead atoms. The summed E-state index contributed by atoms with van der Waals surface area (Å²) in [5, 5.41) is 5.43. The van der Waals surface area contributed by atoms with E-state index < -0.39 is 17.1 Å². The lowest BCUT2D eigenvalue weighted by molar-refractivity contribution is 0.0988. The van der Waals surface area contributed by atoms with Gasteiger partial charge in [-0.1, -0.05) is 34.8 Å². The summed E-state index contributed by atoms with van der Waals surface area (Å²) in [4.78, 5) is 48.6. The predicted molar refractivity (Wildman–Crippen MR) is 145 cm³/mol. The Kier molecular flexibility index (Phi) is 6.39. The lowest BCUT2D eigenvalue weighted by Gasteiger charge is -2.16. The second-order valence-electron chi connectivity index (χ2n) is 9.70. The van der Waals surface area contributed by atoms with Crippen molar-refractivity contribution in [2.45, 2.75) is 32.4 Å². The first-order valence-corrected chi connectivity index (χ1v) is 13.3. The normalized spacial score (nSPS) is 13.2. The fourth-order valence-corrected chi connectivity index (χ4v) is 4.97. The Bertz CT molecular complexity index is 1790. The first-order chi connectivity index (χ1) is 18.9. The van der Waals surface area contributed by atoms with Gasteiger partial charge in [-0.25, -0.2) is 14.2 Å². The van der Waals surface area contributed by atoms with Crippen LogP contribution in [0.5, 0.6) is 0 Å². The second kappa shape index (κ2) is 10.0. The molecule has 1 N–H and O–H groups in total. The molecule has 39 heavy (non-hydrogen) atoms. The zero-order valence-corrected chi connectivity index (χ0v) is 21.8. The molecule has 1 saturated carbocycles. The van der Waals surface area contributed by atoms with Crippen molar-refractivity contribution in [1.82, 2.24) is 28.7 Å². The Morgan fingerprint density at radius 1 is 1.13 bits per heavy atom. The van der Waals surface area contributed by atoms with E-state index >= 15 is 0 Å². The number of amides is 1. The Balaban J connectivity index is 1.31. The molecule has 1 aliphatic carbocycles. The third kappa shape index (κ3) is 4.90. The van der Waals surface area contributed by atoms with Gasteiger partial charge in [0.15, 0.2) is 11.3 Å². The summed E-state index contributed by atoms with van der Waals surface area (Å²) in [5.74, 6) is 0.161. The summed E-state index contributed by atoms with van der Waals surface area (Å²) in [5.41, 5.74) is 1.66. The van der Waals surface area contributed by atoms with E-state index in [0.29, 0.717) is 36.0 Å². The number of anilines is 1. The number of halogens is 1. The Labute approximate surface area is 225 Å². The molecule has 2 aromatic carbocycles. The molecule has 0 unspecified atom stereocenters. The van der Waals surface area contributed by atoms with Gasteiger partial charge < -0.3 is 9.88 Å². The maximum atomic E-state index is 14.3. The monoisotopic (exact) mass is 545 g/mol. The second-order valence-corrected chi connectivity index (χ2v) is 10.3.